The number of aromatic amines is 1. The van der Waals surface area contributed by atoms with E-state index in [1.807, 2.05) is 31.2 Å². The van der Waals surface area contributed by atoms with Gasteiger partial charge < -0.3 is 9.88 Å². The highest BCUT2D eigenvalue weighted by Crippen LogP contribution is 2.25. The van der Waals surface area contributed by atoms with Crippen LogP contribution in [0, 0.1) is 5.82 Å². The molecule has 2 aromatic carbocycles. The van der Waals surface area contributed by atoms with Crippen molar-refractivity contribution >= 4 is 22.7 Å². The summed E-state index contributed by atoms with van der Waals surface area (Å²) < 4.78 is 13.2. The van der Waals surface area contributed by atoms with Gasteiger partial charge in [0.05, 0.1) is 0 Å². The van der Waals surface area contributed by atoms with Gasteiger partial charge >= 0.3 is 0 Å². The van der Waals surface area contributed by atoms with Gasteiger partial charge in [0.1, 0.15) is 17.7 Å². The second-order valence-electron chi connectivity index (χ2n) is 7.14. The summed E-state index contributed by atoms with van der Waals surface area (Å²) in [5.41, 5.74) is 9.22. The maximum atomic E-state index is 13.2. The fraction of sp³-hybridized carbons (Fsp3) is 0.182. The van der Waals surface area contributed by atoms with Crippen LogP contribution in [-0.2, 0) is 11.3 Å². The third kappa shape index (κ3) is 3.64. The molecule has 148 valence electrons. The van der Waals surface area contributed by atoms with Crippen molar-refractivity contribution in [3.05, 3.63) is 82.8 Å². The molecule has 4 rings (SSSR count). The first kappa shape index (κ1) is 18.9. The molecule has 1 aliphatic rings. The molecule has 3 N–H and O–H groups in total. The van der Waals surface area contributed by atoms with E-state index in [1.54, 1.807) is 30.0 Å². The van der Waals surface area contributed by atoms with E-state index in [4.69, 9.17) is 0 Å². The number of halogens is 1. The number of H-pyrrole nitrogens is 1. The number of nitrogens with zero attached hydrogens (tertiary/aromatic N) is 1. The lowest BCUT2D eigenvalue weighted by Gasteiger charge is -2.27. The van der Waals surface area contributed by atoms with Crippen molar-refractivity contribution in [1.82, 2.24) is 20.7 Å². The number of amides is 2. The van der Waals surface area contributed by atoms with Crippen LogP contribution in [0.2, 0.25) is 0 Å². The first-order chi connectivity index (χ1) is 13.9. The summed E-state index contributed by atoms with van der Waals surface area (Å²) in [6, 6.07) is 15.4. The molecule has 0 spiro atoms. The Labute approximate surface area is 167 Å². The lowest BCUT2D eigenvalue weighted by atomic mass is 10.2. The predicted molar refractivity (Wildman–Crippen MR) is 108 cm³/mol. The van der Waals surface area contributed by atoms with Gasteiger partial charge in [0.15, 0.2) is 0 Å². The SMILES string of the molecule is CC1=C(C)[C@@H](NNC(=O)c2cc3ccccc3[nH]2)N(Cc2ccc(F)cc2)C1=O. The minimum absolute atomic E-state index is 0.121. The average Bonchev–Trinajstić information content (AvgIpc) is 3.24. The Balaban J connectivity index is 1.49. The fourth-order valence-corrected chi connectivity index (χ4v) is 3.47. The normalized spacial score (nSPS) is 16.7. The van der Waals surface area contributed by atoms with Crippen molar-refractivity contribution < 1.29 is 14.0 Å². The van der Waals surface area contributed by atoms with Crippen LogP contribution in [0.5, 0.6) is 0 Å². The molecule has 0 saturated carbocycles. The van der Waals surface area contributed by atoms with Crippen LogP contribution < -0.4 is 10.9 Å². The molecule has 0 bridgehead atoms. The van der Waals surface area contributed by atoms with Crippen LogP contribution in [0.1, 0.15) is 29.9 Å². The third-order valence-corrected chi connectivity index (χ3v) is 5.26. The maximum absolute atomic E-state index is 13.2. The molecule has 2 heterocycles. The lowest BCUT2D eigenvalue weighted by molar-refractivity contribution is -0.128. The molecule has 0 aliphatic carbocycles. The van der Waals surface area contributed by atoms with Crippen LogP contribution >= 0.6 is 0 Å². The van der Waals surface area contributed by atoms with Crippen LogP contribution in [0.3, 0.4) is 0 Å². The largest absolute Gasteiger partial charge is 0.350 e. The summed E-state index contributed by atoms with van der Waals surface area (Å²) in [5, 5.41) is 0.943. The minimum Gasteiger partial charge on any atom is -0.350 e. The molecule has 2 amide bonds. The third-order valence-electron chi connectivity index (χ3n) is 5.26. The second kappa shape index (κ2) is 7.52. The minimum atomic E-state index is -0.485. The number of carbonyl (C=O) groups is 2. The Hall–Kier alpha value is -3.45. The number of rotatable bonds is 5. The molecular weight excluding hydrogens is 371 g/mol. The van der Waals surface area contributed by atoms with Crippen LogP contribution in [-0.4, -0.2) is 27.9 Å². The zero-order valence-corrected chi connectivity index (χ0v) is 16.1. The number of carbonyl (C=O) groups excluding carboxylic acids is 2. The highest BCUT2D eigenvalue weighted by Gasteiger charge is 2.35. The van der Waals surface area contributed by atoms with Gasteiger partial charge in [-0.2, -0.15) is 0 Å². The summed E-state index contributed by atoms with van der Waals surface area (Å²) in [6.45, 7) is 3.91. The Morgan fingerprint density at radius 2 is 1.86 bits per heavy atom. The lowest BCUT2D eigenvalue weighted by Crippen LogP contribution is -2.52. The number of fused-ring (bicyclic) bond motifs is 1. The molecule has 0 radical (unpaired) electrons. The van der Waals surface area contributed by atoms with Gasteiger partial charge in [-0.1, -0.05) is 30.3 Å². The molecule has 1 aliphatic heterocycles. The van der Waals surface area contributed by atoms with E-state index < -0.39 is 6.17 Å². The number of hydrogen-bond acceptors (Lipinski definition) is 3. The number of benzene rings is 2. The molecule has 6 nitrogen and oxygen atoms in total. The summed E-state index contributed by atoms with van der Waals surface area (Å²) >= 11 is 0. The van der Waals surface area contributed by atoms with Crippen molar-refractivity contribution in [1.29, 1.82) is 0 Å². The van der Waals surface area contributed by atoms with E-state index in [0.29, 0.717) is 17.8 Å². The predicted octanol–water partition coefficient (Wildman–Crippen LogP) is 3.25. The quantitative estimate of drug-likeness (QED) is 0.584. The van der Waals surface area contributed by atoms with Gasteiger partial charge in [-0.25, -0.2) is 9.82 Å². The number of hydrazine groups is 1. The van der Waals surface area contributed by atoms with Crippen LogP contribution in [0.15, 0.2) is 65.7 Å². The summed E-state index contributed by atoms with van der Waals surface area (Å²) in [4.78, 5) is 29.9. The summed E-state index contributed by atoms with van der Waals surface area (Å²) in [7, 11) is 0. The summed E-state index contributed by atoms with van der Waals surface area (Å²) in [5.74, 6) is -0.774. The van der Waals surface area contributed by atoms with E-state index in [2.05, 4.69) is 15.8 Å². The Morgan fingerprint density at radius 1 is 1.14 bits per heavy atom. The van der Waals surface area contributed by atoms with Gasteiger partial charge in [0.25, 0.3) is 11.8 Å². The molecule has 3 aromatic rings. The molecule has 7 heteroatoms. The van der Waals surface area contributed by atoms with Crippen molar-refractivity contribution in [3.8, 4) is 0 Å². The summed E-state index contributed by atoms with van der Waals surface area (Å²) in [6.07, 6.45) is -0.485. The van der Waals surface area contributed by atoms with E-state index in [9.17, 15) is 14.0 Å². The van der Waals surface area contributed by atoms with Crippen molar-refractivity contribution in [2.75, 3.05) is 0 Å². The molecular formula is C22H21FN4O2. The molecule has 29 heavy (non-hydrogen) atoms. The Kier molecular flexibility index (Phi) is 4.90. The molecule has 0 unspecified atom stereocenters. The van der Waals surface area contributed by atoms with E-state index in [1.165, 1.54) is 12.1 Å². The van der Waals surface area contributed by atoms with Crippen molar-refractivity contribution in [2.45, 2.75) is 26.6 Å². The highest BCUT2D eigenvalue weighted by molar-refractivity contribution is 5.98. The standard InChI is InChI=1S/C22H21FN4O2/c1-13-14(2)22(29)27(12-15-7-9-17(23)10-8-15)20(13)25-26-21(28)19-11-16-5-3-4-6-18(16)24-19/h3-11,20,24-25H,12H2,1-2H3,(H,26,28)/t20-/m0/s1. The first-order valence-electron chi connectivity index (χ1n) is 9.30. The second-order valence-corrected chi connectivity index (χ2v) is 7.14. The number of para-hydroxylation sites is 1. The zero-order valence-electron chi connectivity index (χ0n) is 16.1. The maximum Gasteiger partial charge on any atom is 0.281 e. The van der Waals surface area contributed by atoms with Gasteiger partial charge in [0, 0.05) is 23.0 Å². The van der Waals surface area contributed by atoms with E-state index in [-0.39, 0.29) is 17.6 Å². The van der Waals surface area contributed by atoms with Gasteiger partial charge in [0.2, 0.25) is 0 Å². The Morgan fingerprint density at radius 3 is 2.59 bits per heavy atom. The topological polar surface area (TPSA) is 77.2 Å². The van der Waals surface area contributed by atoms with E-state index in [0.717, 1.165) is 22.0 Å². The van der Waals surface area contributed by atoms with Crippen molar-refractivity contribution in [3.63, 3.8) is 0 Å². The number of hydrogen-bond donors (Lipinski definition) is 3. The van der Waals surface area contributed by atoms with Crippen LogP contribution in [0.25, 0.3) is 10.9 Å². The van der Waals surface area contributed by atoms with Gasteiger partial charge in [-0.3, -0.25) is 15.0 Å². The fourth-order valence-electron chi connectivity index (χ4n) is 3.47. The highest BCUT2D eigenvalue weighted by atomic mass is 19.1. The van der Waals surface area contributed by atoms with Gasteiger partial charge in [-0.15, -0.1) is 0 Å². The molecule has 1 aromatic heterocycles. The molecule has 1 atom stereocenters. The van der Waals surface area contributed by atoms with E-state index >= 15 is 0 Å². The Bertz CT molecular complexity index is 1080. The van der Waals surface area contributed by atoms with Crippen molar-refractivity contribution in [2.24, 2.45) is 0 Å². The first-order valence-corrected chi connectivity index (χ1v) is 9.30. The van der Waals surface area contributed by atoms with Crippen LogP contribution in [0.4, 0.5) is 4.39 Å². The average molecular weight is 392 g/mol. The monoisotopic (exact) mass is 392 g/mol. The smallest absolute Gasteiger partial charge is 0.281 e. The van der Waals surface area contributed by atoms with Gasteiger partial charge in [-0.05, 0) is 49.2 Å². The number of nitrogens with one attached hydrogen (secondary N) is 3. The zero-order chi connectivity index (χ0) is 20.5. The molecule has 0 fully saturated rings. The number of aromatic nitrogens is 1. The molecule has 0 saturated heterocycles.